The molecule has 9 heavy (non-hydrogen) atoms. The van der Waals surface area contributed by atoms with Gasteiger partial charge in [0, 0.05) is 6.04 Å². The Labute approximate surface area is 61.9 Å². The average Bonchev–Trinajstić information content (AvgIpc) is 1.79. The van der Waals surface area contributed by atoms with Gasteiger partial charge in [-0.25, -0.2) is 4.84 Å². The van der Waals surface area contributed by atoms with Gasteiger partial charge >= 0.3 is 0 Å². The smallest absolute Gasteiger partial charge is 0.0221 e. The van der Waals surface area contributed by atoms with E-state index < -0.39 is 0 Å². The molecule has 1 saturated carbocycles. The molecule has 0 aromatic heterocycles. The molecule has 1 atom stereocenters. The Hall–Kier alpha value is 0.250. The molecule has 1 aliphatic carbocycles. The van der Waals surface area contributed by atoms with Crippen molar-refractivity contribution in [2.75, 3.05) is 0 Å². The summed E-state index contributed by atoms with van der Waals surface area (Å²) in [7, 11) is 0. The molecule has 0 aromatic carbocycles. The zero-order valence-electron chi connectivity index (χ0n) is 6.02. The van der Waals surface area contributed by atoms with Gasteiger partial charge in [-0.1, -0.05) is 6.92 Å². The van der Waals surface area contributed by atoms with E-state index in [1.807, 2.05) is 0 Å². The quantitative estimate of drug-likeness (QED) is 0.591. The van der Waals surface area contributed by atoms with Crippen molar-refractivity contribution < 1.29 is 0 Å². The predicted molar refractivity (Wildman–Crippen MR) is 40.3 cm³/mol. The zero-order valence-corrected chi connectivity index (χ0v) is 6.78. The Kier molecular flexibility index (Phi) is 2.36. The molecule has 0 bridgehead atoms. The fourth-order valence-corrected chi connectivity index (χ4v) is 1.64. The van der Waals surface area contributed by atoms with Crippen LogP contribution in [0, 0.1) is 11.8 Å². The van der Waals surface area contributed by atoms with Crippen LogP contribution in [0.4, 0.5) is 0 Å². The molecule has 1 nitrogen and oxygen atoms in total. The Morgan fingerprint density at radius 3 is 2.44 bits per heavy atom. The molecule has 1 N–H and O–H groups in total. The van der Waals surface area contributed by atoms with Crippen molar-refractivity contribution in [1.82, 2.24) is 4.84 Å². The van der Waals surface area contributed by atoms with Crippen molar-refractivity contribution in [3.05, 3.63) is 0 Å². The van der Waals surface area contributed by atoms with Crippen LogP contribution in [0.25, 0.3) is 0 Å². The first kappa shape index (κ1) is 7.36. The maximum absolute atomic E-state index is 5.46. The third-order valence-corrected chi connectivity index (χ3v) is 2.63. The predicted octanol–water partition coefficient (Wildman–Crippen LogP) is 2.16. The Bertz CT molecular complexity index is 88.9. The molecule has 0 saturated heterocycles. The van der Waals surface area contributed by atoms with Crippen molar-refractivity contribution in [2.24, 2.45) is 11.8 Å². The van der Waals surface area contributed by atoms with E-state index in [-0.39, 0.29) is 0 Å². The van der Waals surface area contributed by atoms with Crippen molar-refractivity contribution >= 4 is 11.8 Å². The third-order valence-electron chi connectivity index (χ3n) is 2.29. The number of nitrogens with one attached hydrogen (secondary N) is 1. The van der Waals surface area contributed by atoms with Crippen molar-refractivity contribution in [3.8, 4) is 0 Å². The number of halogens is 1. The molecule has 0 aliphatic heterocycles. The minimum Gasteiger partial charge on any atom is -0.230 e. The van der Waals surface area contributed by atoms with Gasteiger partial charge in [0.1, 0.15) is 0 Å². The lowest BCUT2D eigenvalue weighted by Gasteiger charge is -2.36. The highest BCUT2D eigenvalue weighted by Gasteiger charge is 2.29. The van der Waals surface area contributed by atoms with Gasteiger partial charge in [-0.15, -0.1) is 0 Å². The molecule has 1 rings (SSSR count). The topological polar surface area (TPSA) is 12.0 Å². The summed E-state index contributed by atoms with van der Waals surface area (Å²) >= 11 is 5.46. The van der Waals surface area contributed by atoms with E-state index in [4.69, 9.17) is 11.8 Å². The monoisotopic (exact) mass is 147 g/mol. The van der Waals surface area contributed by atoms with E-state index in [0.29, 0.717) is 6.04 Å². The minimum atomic E-state index is 0.503. The van der Waals surface area contributed by atoms with Gasteiger partial charge in [-0.2, -0.15) is 0 Å². The van der Waals surface area contributed by atoms with Crippen LogP contribution < -0.4 is 4.84 Å². The first-order chi connectivity index (χ1) is 4.24. The van der Waals surface area contributed by atoms with Gasteiger partial charge in [0.15, 0.2) is 0 Å². The van der Waals surface area contributed by atoms with Gasteiger partial charge < -0.3 is 0 Å². The molecule has 1 fully saturated rings. The first-order valence-corrected chi connectivity index (χ1v) is 3.98. The second-order valence-electron chi connectivity index (χ2n) is 3.23. The van der Waals surface area contributed by atoms with Gasteiger partial charge in [0.25, 0.3) is 0 Å². The van der Waals surface area contributed by atoms with Crippen LogP contribution in [-0.4, -0.2) is 6.04 Å². The molecule has 2 heteroatoms. The van der Waals surface area contributed by atoms with Crippen LogP contribution in [0.3, 0.4) is 0 Å². The van der Waals surface area contributed by atoms with E-state index in [9.17, 15) is 0 Å². The first-order valence-electron chi connectivity index (χ1n) is 3.60. The molecule has 0 radical (unpaired) electrons. The van der Waals surface area contributed by atoms with E-state index in [2.05, 4.69) is 18.7 Å². The summed E-state index contributed by atoms with van der Waals surface area (Å²) in [6.07, 6.45) is 2.70. The highest BCUT2D eigenvalue weighted by Crippen LogP contribution is 2.35. The summed E-state index contributed by atoms with van der Waals surface area (Å²) in [5, 5.41) is 0. The largest absolute Gasteiger partial charge is 0.230 e. The number of hydrogen-bond donors (Lipinski definition) is 1. The van der Waals surface area contributed by atoms with E-state index in [1.54, 1.807) is 0 Å². The van der Waals surface area contributed by atoms with Gasteiger partial charge in [0.05, 0.1) is 0 Å². The zero-order chi connectivity index (χ0) is 6.85. The lowest BCUT2D eigenvalue weighted by atomic mass is 9.73. The Morgan fingerprint density at radius 2 is 2.11 bits per heavy atom. The molecule has 0 spiro atoms. The summed E-state index contributed by atoms with van der Waals surface area (Å²) in [6, 6.07) is 0.503. The minimum absolute atomic E-state index is 0.503. The third kappa shape index (κ3) is 1.59. The summed E-state index contributed by atoms with van der Waals surface area (Å²) in [4.78, 5) is 2.76. The molecule has 1 unspecified atom stereocenters. The Morgan fingerprint density at radius 1 is 1.56 bits per heavy atom. The van der Waals surface area contributed by atoms with Crippen molar-refractivity contribution in [2.45, 2.75) is 32.7 Å². The lowest BCUT2D eigenvalue weighted by molar-refractivity contribution is 0.177. The van der Waals surface area contributed by atoms with Crippen LogP contribution in [0.1, 0.15) is 26.7 Å². The molecule has 54 valence electrons. The SMILES string of the molecule is CC1CC(C(C)NCl)C1. The summed E-state index contributed by atoms with van der Waals surface area (Å²) in [5.74, 6) is 1.76. The maximum atomic E-state index is 5.46. The van der Waals surface area contributed by atoms with Crippen LogP contribution >= 0.6 is 11.8 Å². The van der Waals surface area contributed by atoms with E-state index in [1.165, 1.54) is 12.8 Å². The Balaban J connectivity index is 2.15. The fourth-order valence-electron chi connectivity index (χ4n) is 1.46. The standard InChI is InChI=1S/C7H14ClN/c1-5-3-7(4-5)6(2)9-8/h5-7,9H,3-4H2,1-2H3. The summed E-state index contributed by atoms with van der Waals surface area (Å²) in [6.45, 7) is 4.43. The van der Waals surface area contributed by atoms with Gasteiger partial charge in [0.2, 0.25) is 0 Å². The van der Waals surface area contributed by atoms with Crippen molar-refractivity contribution in [1.29, 1.82) is 0 Å². The summed E-state index contributed by atoms with van der Waals surface area (Å²) in [5.41, 5.74) is 0. The number of rotatable bonds is 2. The van der Waals surface area contributed by atoms with Crippen LogP contribution in [0.5, 0.6) is 0 Å². The average molecular weight is 148 g/mol. The molecule has 0 heterocycles. The van der Waals surface area contributed by atoms with Crippen LogP contribution in [0.2, 0.25) is 0 Å². The lowest BCUT2D eigenvalue weighted by Crippen LogP contribution is -2.36. The highest BCUT2D eigenvalue weighted by molar-refractivity contribution is 6.13. The van der Waals surface area contributed by atoms with Gasteiger partial charge in [-0.05, 0) is 43.4 Å². The normalized spacial score (nSPS) is 37.7. The van der Waals surface area contributed by atoms with Crippen molar-refractivity contribution in [3.63, 3.8) is 0 Å². The van der Waals surface area contributed by atoms with E-state index in [0.717, 1.165) is 11.8 Å². The molecular formula is C7H14ClN. The molecule has 0 aromatic rings. The second kappa shape index (κ2) is 2.89. The fraction of sp³-hybridized carbons (Fsp3) is 1.00. The van der Waals surface area contributed by atoms with Crippen LogP contribution in [-0.2, 0) is 0 Å². The van der Waals surface area contributed by atoms with Gasteiger partial charge in [-0.3, -0.25) is 0 Å². The van der Waals surface area contributed by atoms with Crippen LogP contribution in [0.15, 0.2) is 0 Å². The molecular weight excluding hydrogens is 134 g/mol. The molecule has 0 amide bonds. The second-order valence-corrected chi connectivity index (χ2v) is 3.45. The van der Waals surface area contributed by atoms with E-state index >= 15 is 0 Å². The number of hydrogen-bond acceptors (Lipinski definition) is 1. The summed E-state index contributed by atoms with van der Waals surface area (Å²) < 4.78 is 0. The molecule has 1 aliphatic rings. The highest BCUT2D eigenvalue weighted by atomic mass is 35.5. The maximum Gasteiger partial charge on any atom is 0.0221 e.